The minimum Gasteiger partial charge on any atom is -0.368 e. The Kier molecular flexibility index (Phi) is 5.41. The lowest BCUT2D eigenvalue weighted by Crippen LogP contribution is -2.30. The van der Waals surface area contributed by atoms with Crippen LogP contribution < -0.4 is 10.6 Å². The van der Waals surface area contributed by atoms with Gasteiger partial charge in [-0.05, 0) is 44.0 Å². The van der Waals surface area contributed by atoms with Crippen molar-refractivity contribution in [3.8, 4) is 0 Å². The van der Waals surface area contributed by atoms with Crippen LogP contribution in [0.5, 0.6) is 0 Å². The first-order chi connectivity index (χ1) is 10.6. The number of carbonyl (C=O) groups excluding carboxylic acids is 1. The summed E-state index contributed by atoms with van der Waals surface area (Å²) in [7, 11) is 0. The molecule has 0 aliphatic heterocycles. The van der Waals surface area contributed by atoms with Gasteiger partial charge in [-0.15, -0.1) is 10.2 Å². The van der Waals surface area contributed by atoms with Gasteiger partial charge in [0.05, 0.1) is 0 Å². The summed E-state index contributed by atoms with van der Waals surface area (Å²) in [4.78, 5) is 11.7. The first-order valence-corrected chi connectivity index (χ1v) is 7.18. The molecule has 1 heterocycles. The Morgan fingerprint density at radius 3 is 2.59 bits per heavy atom. The van der Waals surface area contributed by atoms with Crippen molar-refractivity contribution in [1.82, 2.24) is 15.5 Å². The molecule has 1 aromatic heterocycles. The summed E-state index contributed by atoms with van der Waals surface area (Å²) in [5, 5.41) is 13.6. The van der Waals surface area contributed by atoms with E-state index in [0.29, 0.717) is 24.3 Å². The third-order valence-corrected chi connectivity index (χ3v) is 2.98. The Morgan fingerprint density at radius 1 is 1.18 bits per heavy atom. The average molecular weight is 302 g/mol. The average Bonchev–Trinajstić information content (AvgIpc) is 2.49. The molecule has 0 unspecified atom stereocenters. The van der Waals surface area contributed by atoms with Crippen molar-refractivity contribution in [3.63, 3.8) is 0 Å². The lowest BCUT2D eigenvalue weighted by atomic mass is 10.1. The molecule has 0 atom stereocenters. The van der Waals surface area contributed by atoms with Crippen molar-refractivity contribution in [2.24, 2.45) is 0 Å². The molecular formula is C16H19FN4O. The van der Waals surface area contributed by atoms with E-state index in [-0.39, 0.29) is 23.5 Å². The Morgan fingerprint density at radius 2 is 1.95 bits per heavy atom. The molecule has 0 fully saturated rings. The Hall–Kier alpha value is -2.50. The van der Waals surface area contributed by atoms with E-state index in [1.54, 1.807) is 30.3 Å². The van der Waals surface area contributed by atoms with Crippen LogP contribution in [-0.4, -0.2) is 28.7 Å². The third kappa shape index (κ3) is 4.51. The molecule has 0 aliphatic rings. The number of nitrogens with zero attached hydrogens (tertiary/aromatic N) is 2. The third-order valence-electron chi connectivity index (χ3n) is 2.98. The highest BCUT2D eigenvalue weighted by molar-refractivity contribution is 5.92. The van der Waals surface area contributed by atoms with E-state index in [0.717, 1.165) is 0 Å². The van der Waals surface area contributed by atoms with Crippen molar-refractivity contribution in [3.05, 3.63) is 53.5 Å². The monoisotopic (exact) mass is 302 g/mol. The van der Waals surface area contributed by atoms with E-state index < -0.39 is 0 Å². The van der Waals surface area contributed by atoms with Crippen molar-refractivity contribution in [2.75, 3.05) is 11.9 Å². The molecule has 6 heteroatoms. The number of rotatable bonds is 6. The lowest BCUT2D eigenvalue weighted by molar-refractivity contribution is 0.0937. The predicted octanol–water partition coefficient (Wildman–Crippen LogP) is 2.41. The summed E-state index contributed by atoms with van der Waals surface area (Å²) in [6.07, 6.45) is 0.546. The molecule has 1 aromatic carbocycles. The van der Waals surface area contributed by atoms with E-state index in [2.05, 4.69) is 20.8 Å². The molecule has 5 nitrogen and oxygen atoms in total. The van der Waals surface area contributed by atoms with E-state index in [1.165, 1.54) is 6.07 Å². The number of nitrogens with one attached hydrogen (secondary N) is 2. The zero-order chi connectivity index (χ0) is 15.9. The van der Waals surface area contributed by atoms with Crippen molar-refractivity contribution >= 4 is 11.7 Å². The second kappa shape index (κ2) is 7.49. The highest BCUT2D eigenvalue weighted by Gasteiger charge is 2.09. The lowest BCUT2D eigenvalue weighted by Gasteiger charge is -2.08. The van der Waals surface area contributed by atoms with Crippen LogP contribution in [0.2, 0.25) is 0 Å². The van der Waals surface area contributed by atoms with Crippen LogP contribution in [0, 0.1) is 5.82 Å². The highest BCUT2D eigenvalue weighted by atomic mass is 19.1. The molecule has 0 aliphatic carbocycles. The molecule has 0 bridgehead atoms. The van der Waals surface area contributed by atoms with Crippen LogP contribution >= 0.6 is 0 Å². The van der Waals surface area contributed by atoms with Gasteiger partial charge in [0, 0.05) is 12.6 Å². The molecule has 0 radical (unpaired) electrons. The van der Waals surface area contributed by atoms with Gasteiger partial charge in [-0.1, -0.05) is 18.2 Å². The van der Waals surface area contributed by atoms with Crippen molar-refractivity contribution < 1.29 is 9.18 Å². The van der Waals surface area contributed by atoms with E-state index in [9.17, 15) is 9.18 Å². The molecule has 116 valence electrons. The summed E-state index contributed by atoms with van der Waals surface area (Å²) in [5.41, 5.74) is 0.921. The number of halogens is 1. The molecule has 2 aromatic rings. The first-order valence-electron chi connectivity index (χ1n) is 7.18. The molecule has 0 saturated carbocycles. The standard InChI is InChI=1S/C16H19FN4O/c1-11(2)19-16(22)14-7-8-15(21-20-14)18-10-9-12-5-3-4-6-13(12)17/h3-8,11H,9-10H2,1-2H3,(H,18,21)(H,19,22). The summed E-state index contributed by atoms with van der Waals surface area (Å²) < 4.78 is 13.5. The molecular weight excluding hydrogens is 283 g/mol. The van der Waals surface area contributed by atoms with Crippen LogP contribution in [0.15, 0.2) is 36.4 Å². The smallest absolute Gasteiger partial charge is 0.271 e. The Balaban J connectivity index is 1.87. The van der Waals surface area contributed by atoms with Crippen LogP contribution in [0.4, 0.5) is 10.2 Å². The Labute approximate surface area is 129 Å². The van der Waals surface area contributed by atoms with E-state index in [1.807, 2.05) is 13.8 Å². The van der Waals surface area contributed by atoms with Crippen LogP contribution in [0.25, 0.3) is 0 Å². The second-order valence-corrected chi connectivity index (χ2v) is 5.20. The molecule has 2 N–H and O–H groups in total. The summed E-state index contributed by atoms with van der Waals surface area (Å²) in [6, 6.07) is 10.0. The summed E-state index contributed by atoms with van der Waals surface area (Å²) in [5.74, 6) is 0.0916. The maximum atomic E-state index is 13.5. The molecule has 0 spiro atoms. The Bertz CT molecular complexity index is 628. The summed E-state index contributed by atoms with van der Waals surface area (Å²) >= 11 is 0. The number of carbonyl (C=O) groups is 1. The van der Waals surface area contributed by atoms with Gasteiger partial charge in [0.25, 0.3) is 5.91 Å². The van der Waals surface area contributed by atoms with Gasteiger partial charge < -0.3 is 10.6 Å². The van der Waals surface area contributed by atoms with Crippen LogP contribution in [-0.2, 0) is 6.42 Å². The van der Waals surface area contributed by atoms with Gasteiger partial charge in [0.1, 0.15) is 11.6 Å². The number of benzene rings is 1. The van der Waals surface area contributed by atoms with Gasteiger partial charge in [-0.25, -0.2) is 4.39 Å². The number of aromatic nitrogens is 2. The van der Waals surface area contributed by atoms with Gasteiger partial charge in [0.15, 0.2) is 5.69 Å². The molecule has 0 saturated heterocycles. The predicted molar refractivity (Wildman–Crippen MR) is 83.2 cm³/mol. The zero-order valence-corrected chi connectivity index (χ0v) is 12.6. The number of anilines is 1. The van der Waals surface area contributed by atoms with Gasteiger partial charge >= 0.3 is 0 Å². The normalized spacial score (nSPS) is 10.5. The van der Waals surface area contributed by atoms with Gasteiger partial charge in [0.2, 0.25) is 0 Å². The zero-order valence-electron chi connectivity index (χ0n) is 12.6. The fourth-order valence-electron chi connectivity index (χ4n) is 1.91. The minimum absolute atomic E-state index is 0.0490. The van der Waals surface area contributed by atoms with Gasteiger partial charge in [-0.3, -0.25) is 4.79 Å². The number of hydrogen-bond donors (Lipinski definition) is 2. The number of amides is 1. The maximum absolute atomic E-state index is 13.5. The van der Waals surface area contributed by atoms with E-state index >= 15 is 0 Å². The molecule has 22 heavy (non-hydrogen) atoms. The van der Waals surface area contributed by atoms with E-state index in [4.69, 9.17) is 0 Å². The van der Waals surface area contributed by atoms with Crippen molar-refractivity contribution in [1.29, 1.82) is 0 Å². The first kappa shape index (κ1) is 15.9. The van der Waals surface area contributed by atoms with Crippen LogP contribution in [0.3, 0.4) is 0 Å². The minimum atomic E-state index is -0.250. The van der Waals surface area contributed by atoms with Crippen molar-refractivity contribution in [2.45, 2.75) is 26.3 Å². The quantitative estimate of drug-likeness (QED) is 0.860. The topological polar surface area (TPSA) is 66.9 Å². The fraction of sp³-hybridized carbons (Fsp3) is 0.312. The maximum Gasteiger partial charge on any atom is 0.271 e. The van der Waals surface area contributed by atoms with Gasteiger partial charge in [-0.2, -0.15) is 0 Å². The van der Waals surface area contributed by atoms with Crippen LogP contribution in [0.1, 0.15) is 29.9 Å². The second-order valence-electron chi connectivity index (χ2n) is 5.20. The largest absolute Gasteiger partial charge is 0.368 e. The molecule has 2 rings (SSSR count). The molecule has 1 amide bonds. The number of hydrogen-bond acceptors (Lipinski definition) is 4. The highest BCUT2D eigenvalue weighted by Crippen LogP contribution is 2.08. The SMILES string of the molecule is CC(C)NC(=O)c1ccc(NCCc2ccccc2F)nn1. The fourth-order valence-corrected chi connectivity index (χ4v) is 1.91. The summed E-state index contributed by atoms with van der Waals surface area (Å²) in [6.45, 7) is 4.29.